The summed E-state index contributed by atoms with van der Waals surface area (Å²) in [5.74, 6) is 1.94. The zero-order valence-electron chi connectivity index (χ0n) is 17.8. The molecule has 0 aromatic heterocycles. The summed E-state index contributed by atoms with van der Waals surface area (Å²) in [5.41, 5.74) is 0. The van der Waals surface area contributed by atoms with E-state index in [1.807, 2.05) is 4.90 Å². The first-order valence-electron chi connectivity index (χ1n) is 11.1. The van der Waals surface area contributed by atoms with E-state index in [-0.39, 0.29) is 28.7 Å². The molecule has 3 aliphatic rings. The third kappa shape index (κ3) is 6.53. The topological polar surface area (TPSA) is 63.8 Å². The van der Waals surface area contributed by atoms with E-state index >= 15 is 0 Å². The second kappa shape index (κ2) is 11.5. The number of hydrogen-bond donors (Lipinski definition) is 1. The number of hydrogen-bond acceptors (Lipinski definition) is 2. The zero-order valence-corrected chi connectivity index (χ0v) is 18.6. The van der Waals surface area contributed by atoms with E-state index in [0.29, 0.717) is 24.2 Å². The van der Waals surface area contributed by atoms with Crippen molar-refractivity contribution in [3.63, 3.8) is 0 Å². The van der Waals surface area contributed by atoms with Gasteiger partial charge in [-0.25, -0.2) is 4.39 Å². The van der Waals surface area contributed by atoms with Crippen LogP contribution in [-0.2, 0) is 4.79 Å². The predicted octanol–water partition coefficient (Wildman–Crippen LogP) is 3.89. The second-order valence-electron chi connectivity index (χ2n) is 9.21. The van der Waals surface area contributed by atoms with E-state index in [9.17, 15) is 9.18 Å². The van der Waals surface area contributed by atoms with Gasteiger partial charge in [-0.15, -0.1) is 11.6 Å². The van der Waals surface area contributed by atoms with Gasteiger partial charge in [-0.1, -0.05) is 38.2 Å². The normalized spacial score (nSPS) is 31.6. The highest BCUT2D eigenvalue weighted by Gasteiger charge is 2.36. The summed E-state index contributed by atoms with van der Waals surface area (Å²) in [5, 5.41) is 3.23. The number of nitrogens with zero attached hydrogens (tertiary/aromatic N) is 1. The number of halogens is 2. The fourth-order valence-corrected chi connectivity index (χ4v) is 5.22. The Hall–Kier alpha value is -0.910. The molecule has 3 N–H and O–H groups in total. The lowest BCUT2D eigenvalue weighted by atomic mass is 9.75. The standard InChI is InChI=1S/C23H36ClFN2O.H2O/c1-16(2)22(26-15-17-6-4-3-5-7-17)23(28)27-12-10-18(11-13-27)19-8-9-20(24)21(25)14-19;/h3-6,16-22,26H,7-15H2,1-2H3;1H2/t17?,19?,20?,21?,22-;/m1./s1. The molecule has 166 valence electrons. The van der Waals surface area contributed by atoms with Gasteiger partial charge in [0.25, 0.3) is 0 Å². The van der Waals surface area contributed by atoms with Crippen LogP contribution in [0.2, 0.25) is 0 Å². The van der Waals surface area contributed by atoms with Crippen molar-refractivity contribution in [2.75, 3.05) is 19.6 Å². The van der Waals surface area contributed by atoms with Crippen LogP contribution in [0.5, 0.6) is 0 Å². The Morgan fingerprint density at radius 1 is 1.17 bits per heavy atom. The molecule has 1 saturated carbocycles. The van der Waals surface area contributed by atoms with Crippen LogP contribution in [0.25, 0.3) is 0 Å². The molecule has 0 aromatic rings. The van der Waals surface area contributed by atoms with Crippen LogP contribution in [0.1, 0.15) is 52.4 Å². The molecule has 2 fully saturated rings. The van der Waals surface area contributed by atoms with Crippen molar-refractivity contribution in [3.05, 3.63) is 24.3 Å². The molecular weight excluding hydrogens is 391 g/mol. The largest absolute Gasteiger partial charge is 0.412 e. The second-order valence-corrected chi connectivity index (χ2v) is 9.77. The molecule has 5 atom stereocenters. The molecule has 29 heavy (non-hydrogen) atoms. The summed E-state index contributed by atoms with van der Waals surface area (Å²) in [6.07, 6.45) is 13.2. The third-order valence-corrected chi connectivity index (χ3v) is 7.35. The van der Waals surface area contributed by atoms with E-state index in [2.05, 4.69) is 43.5 Å². The lowest BCUT2D eigenvalue weighted by molar-refractivity contribution is -0.136. The maximum atomic E-state index is 14.0. The first kappa shape index (κ1) is 24.4. The van der Waals surface area contributed by atoms with Crippen LogP contribution < -0.4 is 5.32 Å². The van der Waals surface area contributed by atoms with Crippen LogP contribution in [0.15, 0.2) is 24.3 Å². The van der Waals surface area contributed by atoms with Gasteiger partial charge in [-0.2, -0.15) is 0 Å². The summed E-state index contributed by atoms with van der Waals surface area (Å²) in [6, 6.07) is -0.127. The molecule has 0 aromatic carbocycles. The summed E-state index contributed by atoms with van der Waals surface area (Å²) in [4.78, 5) is 15.2. The van der Waals surface area contributed by atoms with E-state index in [1.165, 1.54) is 0 Å². The van der Waals surface area contributed by atoms with Crippen LogP contribution >= 0.6 is 11.6 Å². The molecule has 2 aliphatic carbocycles. The van der Waals surface area contributed by atoms with Crippen molar-refractivity contribution < 1.29 is 14.7 Å². The maximum absolute atomic E-state index is 14.0. The fourth-order valence-electron chi connectivity index (χ4n) is 4.99. The van der Waals surface area contributed by atoms with Crippen molar-refractivity contribution in [2.24, 2.45) is 23.7 Å². The number of amides is 1. The molecule has 3 rings (SSSR count). The number of rotatable bonds is 6. The number of alkyl halides is 2. The van der Waals surface area contributed by atoms with E-state index in [0.717, 1.165) is 51.7 Å². The molecule has 0 radical (unpaired) electrons. The smallest absolute Gasteiger partial charge is 0.239 e. The highest BCUT2D eigenvalue weighted by atomic mass is 35.5. The molecule has 0 bridgehead atoms. The summed E-state index contributed by atoms with van der Waals surface area (Å²) < 4.78 is 14.0. The Bertz CT molecular complexity index is 575. The van der Waals surface area contributed by atoms with Gasteiger partial charge in [0.2, 0.25) is 5.91 Å². The summed E-state index contributed by atoms with van der Waals surface area (Å²) in [7, 11) is 0. The Kier molecular flexibility index (Phi) is 9.64. The quantitative estimate of drug-likeness (QED) is 0.652. The number of carbonyl (C=O) groups excluding carboxylic acids is 1. The highest BCUT2D eigenvalue weighted by Crippen LogP contribution is 2.38. The molecule has 4 nitrogen and oxygen atoms in total. The van der Waals surface area contributed by atoms with Crippen LogP contribution in [0.3, 0.4) is 0 Å². The van der Waals surface area contributed by atoms with Crippen molar-refractivity contribution in [1.82, 2.24) is 10.2 Å². The Labute approximate surface area is 180 Å². The number of likely N-dealkylation sites (tertiary alicyclic amines) is 1. The average molecular weight is 429 g/mol. The van der Waals surface area contributed by atoms with Gasteiger partial charge >= 0.3 is 0 Å². The van der Waals surface area contributed by atoms with Crippen LogP contribution in [0.4, 0.5) is 4.39 Å². The molecule has 1 aliphatic heterocycles. The molecule has 1 heterocycles. The molecule has 1 saturated heterocycles. The lowest BCUT2D eigenvalue weighted by Gasteiger charge is -2.40. The zero-order chi connectivity index (χ0) is 20.1. The van der Waals surface area contributed by atoms with Crippen LogP contribution in [0, 0.1) is 23.7 Å². The Morgan fingerprint density at radius 2 is 1.90 bits per heavy atom. The number of piperidine rings is 1. The first-order chi connectivity index (χ1) is 13.5. The van der Waals surface area contributed by atoms with Gasteiger partial charge in [0.1, 0.15) is 6.17 Å². The van der Waals surface area contributed by atoms with Gasteiger partial charge in [-0.05, 0) is 62.2 Å². The summed E-state index contributed by atoms with van der Waals surface area (Å²) >= 11 is 6.04. The van der Waals surface area contributed by atoms with Gasteiger partial charge in [0.05, 0.1) is 11.4 Å². The van der Waals surface area contributed by atoms with Crippen molar-refractivity contribution in [2.45, 2.75) is 70.0 Å². The van der Waals surface area contributed by atoms with Crippen molar-refractivity contribution >= 4 is 17.5 Å². The molecule has 1 amide bonds. The average Bonchev–Trinajstić information content (AvgIpc) is 2.71. The molecule has 6 heteroatoms. The third-order valence-electron chi connectivity index (χ3n) is 6.85. The number of allylic oxidation sites excluding steroid dienone is 3. The fraction of sp³-hybridized carbons (Fsp3) is 0.783. The maximum Gasteiger partial charge on any atom is 0.239 e. The van der Waals surface area contributed by atoms with Gasteiger partial charge in [0, 0.05) is 19.6 Å². The van der Waals surface area contributed by atoms with Gasteiger partial charge in [-0.3, -0.25) is 4.79 Å². The van der Waals surface area contributed by atoms with Crippen LogP contribution in [-0.4, -0.2) is 53.5 Å². The van der Waals surface area contributed by atoms with Crippen molar-refractivity contribution in [3.8, 4) is 0 Å². The van der Waals surface area contributed by atoms with Crippen molar-refractivity contribution in [1.29, 1.82) is 0 Å². The molecular formula is C23H38ClFN2O2. The first-order valence-corrected chi connectivity index (χ1v) is 11.5. The van der Waals surface area contributed by atoms with E-state index in [1.54, 1.807) is 0 Å². The van der Waals surface area contributed by atoms with Gasteiger partial charge < -0.3 is 15.7 Å². The molecule has 0 spiro atoms. The van der Waals surface area contributed by atoms with E-state index < -0.39 is 6.17 Å². The predicted molar refractivity (Wildman–Crippen MR) is 118 cm³/mol. The number of carbonyl (C=O) groups is 1. The lowest BCUT2D eigenvalue weighted by Crippen LogP contribution is -2.52. The number of nitrogens with one attached hydrogen (secondary N) is 1. The SMILES string of the molecule is CC(C)[C@@H](NCC1C=CC=CC1)C(=O)N1CCC(C2CCC(Cl)C(F)C2)CC1.O. The highest BCUT2D eigenvalue weighted by molar-refractivity contribution is 6.21. The Balaban J connectivity index is 0.00000300. The van der Waals surface area contributed by atoms with Gasteiger partial charge in [0.15, 0.2) is 0 Å². The minimum Gasteiger partial charge on any atom is -0.412 e. The van der Waals surface area contributed by atoms with E-state index in [4.69, 9.17) is 11.6 Å². The summed E-state index contributed by atoms with van der Waals surface area (Å²) in [6.45, 7) is 6.68. The monoisotopic (exact) mass is 428 g/mol. The molecule has 4 unspecified atom stereocenters. The minimum absolute atomic E-state index is 0. The Morgan fingerprint density at radius 3 is 2.48 bits per heavy atom. The minimum atomic E-state index is -0.863.